The maximum Gasteiger partial charge on any atom is 0.179 e. The zero-order valence-corrected chi connectivity index (χ0v) is 10.1. The molecule has 0 bridgehead atoms. The first-order valence-electron chi connectivity index (χ1n) is 5.81. The largest absolute Gasteiger partial charge is 0.329 e. The number of aromatic amines is 1. The minimum Gasteiger partial charge on any atom is -0.329 e. The first-order chi connectivity index (χ1) is 7.75. The van der Waals surface area contributed by atoms with Crippen LogP contribution >= 0.6 is 12.2 Å². The van der Waals surface area contributed by atoms with Gasteiger partial charge in [-0.3, -0.25) is 4.57 Å². The maximum absolute atomic E-state index is 5.40. The Morgan fingerprint density at radius 3 is 3.12 bits per heavy atom. The summed E-state index contributed by atoms with van der Waals surface area (Å²) in [6.45, 7) is 2.31. The van der Waals surface area contributed by atoms with Gasteiger partial charge in [0.15, 0.2) is 10.4 Å². The third-order valence-corrected chi connectivity index (χ3v) is 3.81. The van der Waals surface area contributed by atoms with Gasteiger partial charge in [0.1, 0.15) is 0 Å². The lowest BCUT2D eigenvalue weighted by atomic mass is 10.1. The number of imidazole rings is 1. The van der Waals surface area contributed by atoms with Crippen LogP contribution in [0.15, 0.2) is 18.3 Å². The molecule has 84 valence electrons. The van der Waals surface area contributed by atoms with Gasteiger partial charge in [-0.15, -0.1) is 0 Å². The molecule has 4 heteroatoms. The van der Waals surface area contributed by atoms with Gasteiger partial charge in [0, 0.05) is 12.2 Å². The Morgan fingerprint density at radius 1 is 1.50 bits per heavy atom. The summed E-state index contributed by atoms with van der Waals surface area (Å²) in [7, 11) is 0. The summed E-state index contributed by atoms with van der Waals surface area (Å²) in [6, 6.07) is 4.51. The Kier molecular flexibility index (Phi) is 2.32. The average molecular weight is 233 g/mol. The van der Waals surface area contributed by atoms with E-state index < -0.39 is 0 Å². The third kappa shape index (κ3) is 1.48. The molecule has 2 aromatic heterocycles. The normalized spacial score (nSPS) is 25.3. The molecule has 0 aromatic carbocycles. The van der Waals surface area contributed by atoms with E-state index in [1.807, 2.05) is 18.3 Å². The van der Waals surface area contributed by atoms with E-state index in [1.54, 1.807) is 0 Å². The molecule has 3 rings (SSSR count). The van der Waals surface area contributed by atoms with Crippen molar-refractivity contribution >= 4 is 23.4 Å². The van der Waals surface area contributed by atoms with Gasteiger partial charge in [-0.2, -0.15) is 0 Å². The van der Waals surface area contributed by atoms with Crippen LogP contribution in [0.2, 0.25) is 0 Å². The van der Waals surface area contributed by atoms with Crippen molar-refractivity contribution in [2.45, 2.75) is 32.2 Å². The van der Waals surface area contributed by atoms with E-state index in [2.05, 4.69) is 21.5 Å². The number of pyridine rings is 1. The van der Waals surface area contributed by atoms with Crippen LogP contribution in [0.5, 0.6) is 0 Å². The van der Waals surface area contributed by atoms with Gasteiger partial charge >= 0.3 is 0 Å². The molecule has 0 aliphatic heterocycles. The molecule has 2 unspecified atom stereocenters. The number of hydrogen-bond acceptors (Lipinski definition) is 2. The molecule has 1 aliphatic carbocycles. The molecule has 3 nitrogen and oxygen atoms in total. The second-order valence-corrected chi connectivity index (χ2v) is 5.13. The zero-order chi connectivity index (χ0) is 11.1. The molecule has 0 spiro atoms. The number of nitrogens with zero attached hydrogens (tertiary/aromatic N) is 2. The number of nitrogens with one attached hydrogen (secondary N) is 1. The van der Waals surface area contributed by atoms with Gasteiger partial charge in [0.05, 0.1) is 5.52 Å². The molecular weight excluding hydrogens is 218 g/mol. The van der Waals surface area contributed by atoms with E-state index in [0.29, 0.717) is 6.04 Å². The highest BCUT2D eigenvalue weighted by molar-refractivity contribution is 7.71. The predicted octanol–water partition coefficient (Wildman–Crippen LogP) is 3.45. The van der Waals surface area contributed by atoms with Crippen molar-refractivity contribution < 1.29 is 0 Å². The summed E-state index contributed by atoms with van der Waals surface area (Å²) in [6.07, 6.45) is 5.57. The van der Waals surface area contributed by atoms with Gasteiger partial charge < -0.3 is 4.98 Å². The minimum absolute atomic E-state index is 0.533. The molecule has 1 saturated carbocycles. The first-order valence-corrected chi connectivity index (χ1v) is 6.22. The Labute approximate surface area is 99.5 Å². The highest BCUT2D eigenvalue weighted by Gasteiger charge is 2.24. The molecule has 0 amide bonds. The summed E-state index contributed by atoms with van der Waals surface area (Å²) in [5, 5.41) is 0. The van der Waals surface area contributed by atoms with Crippen molar-refractivity contribution in [2.75, 3.05) is 0 Å². The molecule has 2 heterocycles. The van der Waals surface area contributed by atoms with E-state index >= 15 is 0 Å². The van der Waals surface area contributed by atoms with E-state index in [1.165, 1.54) is 19.3 Å². The van der Waals surface area contributed by atoms with Crippen LogP contribution < -0.4 is 0 Å². The summed E-state index contributed by atoms with van der Waals surface area (Å²) in [5.41, 5.74) is 2.05. The molecule has 1 aliphatic rings. The molecule has 0 radical (unpaired) electrons. The Bertz CT molecular complexity index is 569. The van der Waals surface area contributed by atoms with Crippen molar-refractivity contribution in [3.8, 4) is 0 Å². The molecule has 1 N–H and O–H groups in total. The van der Waals surface area contributed by atoms with E-state index in [-0.39, 0.29) is 0 Å². The summed E-state index contributed by atoms with van der Waals surface area (Å²) in [4.78, 5) is 7.67. The predicted molar refractivity (Wildman–Crippen MR) is 67.0 cm³/mol. The maximum atomic E-state index is 5.40. The van der Waals surface area contributed by atoms with E-state index in [0.717, 1.165) is 21.9 Å². The number of aromatic nitrogens is 3. The smallest absolute Gasteiger partial charge is 0.179 e. The highest BCUT2D eigenvalue weighted by Crippen LogP contribution is 2.35. The Hall–Kier alpha value is -1.16. The van der Waals surface area contributed by atoms with Gasteiger partial charge in [-0.05, 0) is 49.5 Å². The fourth-order valence-electron chi connectivity index (χ4n) is 2.71. The van der Waals surface area contributed by atoms with Crippen molar-refractivity contribution in [3.63, 3.8) is 0 Å². The summed E-state index contributed by atoms with van der Waals surface area (Å²) < 4.78 is 3.02. The quantitative estimate of drug-likeness (QED) is 0.765. The first kappa shape index (κ1) is 10.0. The van der Waals surface area contributed by atoms with Crippen LogP contribution in [0.25, 0.3) is 11.2 Å². The minimum atomic E-state index is 0.533. The lowest BCUT2D eigenvalue weighted by molar-refractivity contribution is 0.498. The summed E-state index contributed by atoms with van der Waals surface area (Å²) >= 11 is 5.40. The summed E-state index contributed by atoms with van der Waals surface area (Å²) in [5.74, 6) is 0.806. The van der Waals surface area contributed by atoms with E-state index in [4.69, 9.17) is 12.2 Å². The molecular formula is C12H15N3S. The SMILES string of the molecule is CC1CCC(n2c(=S)[nH]c3cccnc32)C1. The van der Waals surface area contributed by atoms with Crippen LogP contribution in [0.3, 0.4) is 0 Å². The number of fused-ring (bicyclic) bond motifs is 1. The van der Waals surface area contributed by atoms with Crippen LogP contribution in [0.4, 0.5) is 0 Å². The molecule has 2 atom stereocenters. The second kappa shape index (κ2) is 3.70. The Morgan fingerprint density at radius 2 is 2.38 bits per heavy atom. The lowest BCUT2D eigenvalue weighted by Crippen LogP contribution is -2.05. The standard InChI is InChI=1S/C12H15N3S/c1-8-4-5-9(7-8)15-11-10(14-12(15)16)3-2-6-13-11/h2-3,6,8-9H,4-5,7H2,1H3,(H,14,16). The number of H-pyrrole nitrogens is 1. The number of hydrogen-bond donors (Lipinski definition) is 1. The fourth-order valence-corrected chi connectivity index (χ4v) is 3.05. The third-order valence-electron chi connectivity index (χ3n) is 3.51. The van der Waals surface area contributed by atoms with Gasteiger partial charge in [-0.25, -0.2) is 4.98 Å². The molecule has 1 fully saturated rings. The topological polar surface area (TPSA) is 33.6 Å². The lowest BCUT2D eigenvalue weighted by Gasteiger charge is -2.11. The molecule has 2 aromatic rings. The average Bonchev–Trinajstić information content (AvgIpc) is 2.80. The van der Waals surface area contributed by atoms with Crippen molar-refractivity contribution in [2.24, 2.45) is 5.92 Å². The van der Waals surface area contributed by atoms with Gasteiger partial charge in [0.25, 0.3) is 0 Å². The number of rotatable bonds is 1. The molecule has 16 heavy (non-hydrogen) atoms. The fraction of sp³-hybridized carbons (Fsp3) is 0.500. The second-order valence-electron chi connectivity index (χ2n) is 4.75. The molecule has 0 saturated heterocycles. The van der Waals surface area contributed by atoms with Gasteiger partial charge in [0.2, 0.25) is 0 Å². The van der Waals surface area contributed by atoms with Gasteiger partial charge in [-0.1, -0.05) is 6.92 Å². The van der Waals surface area contributed by atoms with Crippen molar-refractivity contribution in [1.82, 2.24) is 14.5 Å². The van der Waals surface area contributed by atoms with Crippen LogP contribution in [-0.4, -0.2) is 14.5 Å². The van der Waals surface area contributed by atoms with Crippen molar-refractivity contribution in [3.05, 3.63) is 23.1 Å². The highest BCUT2D eigenvalue weighted by atomic mass is 32.1. The van der Waals surface area contributed by atoms with Crippen LogP contribution in [-0.2, 0) is 0 Å². The Balaban J connectivity index is 2.15. The van der Waals surface area contributed by atoms with Crippen LogP contribution in [0, 0.1) is 10.7 Å². The van der Waals surface area contributed by atoms with E-state index in [9.17, 15) is 0 Å². The monoisotopic (exact) mass is 233 g/mol. The van der Waals surface area contributed by atoms with Crippen LogP contribution in [0.1, 0.15) is 32.2 Å². The van der Waals surface area contributed by atoms with Crippen molar-refractivity contribution in [1.29, 1.82) is 0 Å². The zero-order valence-electron chi connectivity index (χ0n) is 9.31.